The van der Waals surface area contributed by atoms with Gasteiger partial charge in [0.1, 0.15) is 5.82 Å². The fourth-order valence-corrected chi connectivity index (χ4v) is 3.05. The molecule has 0 radical (unpaired) electrons. The fraction of sp³-hybridized carbons (Fsp3) is 0.250. The first kappa shape index (κ1) is 13.8. The van der Waals surface area contributed by atoms with Gasteiger partial charge in [0.05, 0.1) is 11.1 Å². The van der Waals surface area contributed by atoms with E-state index in [4.69, 9.17) is 5.73 Å². The summed E-state index contributed by atoms with van der Waals surface area (Å²) in [6.07, 6.45) is 0.939. The maximum Gasteiger partial charge on any atom is 0.185 e. The van der Waals surface area contributed by atoms with Crippen LogP contribution in [0.2, 0.25) is 0 Å². The van der Waals surface area contributed by atoms with Crippen LogP contribution >= 0.6 is 0 Å². The average Bonchev–Trinajstić information content (AvgIpc) is 2.94. The Balaban J connectivity index is 1.75. The van der Waals surface area contributed by atoms with E-state index in [2.05, 4.69) is 38.0 Å². The number of nitrogen functional groups attached to an aromatic ring is 1. The van der Waals surface area contributed by atoms with Gasteiger partial charge in [-0.05, 0) is 31.2 Å². The Kier molecular flexibility index (Phi) is 3.27. The van der Waals surface area contributed by atoms with Gasteiger partial charge in [0, 0.05) is 18.7 Å². The zero-order valence-corrected chi connectivity index (χ0v) is 12.9. The van der Waals surface area contributed by atoms with Crippen LogP contribution in [-0.4, -0.2) is 33.7 Å². The van der Waals surface area contributed by atoms with Crippen LogP contribution < -0.4 is 16.6 Å². The number of aromatic amines is 1. The van der Waals surface area contributed by atoms with Gasteiger partial charge in [-0.2, -0.15) is 5.10 Å². The lowest BCUT2D eigenvalue weighted by molar-refractivity contribution is 0.314. The van der Waals surface area contributed by atoms with Crippen molar-refractivity contribution in [2.75, 3.05) is 30.2 Å². The molecular weight excluding hydrogens is 290 g/mol. The molecule has 7 nitrogen and oxygen atoms in total. The third-order valence-electron chi connectivity index (χ3n) is 4.22. The maximum atomic E-state index is 6.04. The molecule has 1 aromatic carbocycles. The number of nitrogens with zero attached hydrogens (tertiary/aromatic N) is 3. The van der Waals surface area contributed by atoms with Crippen LogP contribution in [0.3, 0.4) is 0 Å². The second-order valence-electron chi connectivity index (χ2n) is 5.86. The summed E-state index contributed by atoms with van der Waals surface area (Å²) < 4.78 is 0. The topological polar surface area (TPSA) is 94.9 Å². The first-order valence-corrected chi connectivity index (χ1v) is 7.63. The number of para-hydroxylation sites is 1. The summed E-state index contributed by atoms with van der Waals surface area (Å²) in [5, 5.41) is 8.02. The number of hydrogen-bond acceptors (Lipinski definition) is 6. The second-order valence-corrected chi connectivity index (χ2v) is 5.86. The largest absolute Gasteiger partial charge is 0.384 e. The smallest absolute Gasteiger partial charge is 0.185 e. The minimum atomic E-state index is 0.593. The Labute approximate surface area is 133 Å². The van der Waals surface area contributed by atoms with E-state index in [1.807, 2.05) is 30.3 Å². The molecule has 0 unspecified atom stereocenters. The predicted octanol–water partition coefficient (Wildman–Crippen LogP) is 1.97. The first-order chi connectivity index (χ1) is 11.2. The second kappa shape index (κ2) is 5.44. The maximum absolute atomic E-state index is 6.04. The number of likely N-dealkylation sites (N-methyl/N-ethyl adjacent to an activating group) is 1. The van der Waals surface area contributed by atoms with E-state index in [1.165, 1.54) is 11.1 Å². The van der Waals surface area contributed by atoms with Gasteiger partial charge in [-0.25, -0.2) is 4.98 Å². The fourth-order valence-electron chi connectivity index (χ4n) is 3.05. The van der Waals surface area contributed by atoms with Crippen molar-refractivity contribution in [2.24, 2.45) is 0 Å². The molecule has 1 aliphatic heterocycles. The Morgan fingerprint density at radius 3 is 2.83 bits per heavy atom. The highest BCUT2D eigenvalue weighted by molar-refractivity contribution is 5.92. The van der Waals surface area contributed by atoms with Crippen molar-refractivity contribution in [1.29, 1.82) is 0 Å². The highest BCUT2D eigenvalue weighted by Gasteiger charge is 2.23. The molecule has 23 heavy (non-hydrogen) atoms. The number of hydrogen-bond donors (Lipinski definition) is 4. The number of nitrogens with two attached hydrogens (primary N) is 1. The van der Waals surface area contributed by atoms with Gasteiger partial charge in [-0.3, -0.25) is 16.0 Å². The molecular formula is C16H19N7. The Bertz CT molecular complexity index is 841. The summed E-state index contributed by atoms with van der Waals surface area (Å²) in [5.41, 5.74) is 16.5. The average molecular weight is 309 g/mol. The highest BCUT2D eigenvalue weighted by atomic mass is 15.4. The third-order valence-corrected chi connectivity index (χ3v) is 4.22. The van der Waals surface area contributed by atoms with E-state index in [-0.39, 0.29) is 0 Å². The number of rotatable bonds is 3. The lowest BCUT2D eigenvalue weighted by atomic mass is 9.98. The van der Waals surface area contributed by atoms with Crippen LogP contribution in [0.5, 0.6) is 0 Å². The van der Waals surface area contributed by atoms with Crippen molar-refractivity contribution in [1.82, 2.24) is 20.1 Å². The van der Waals surface area contributed by atoms with Crippen LogP contribution in [0.15, 0.2) is 30.3 Å². The van der Waals surface area contributed by atoms with Crippen molar-refractivity contribution in [3.05, 3.63) is 41.5 Å². The number of hydrazine groups is 1. The molecule has 0 atom stereocenters. The molecule has 3 aromatic rings. The molecule has 118 valence electrons. The van der Waals surface area contributed by atoms with Crippen molar-refractivity contribution in [2.45, 2.75) is 13.0 Å². The first-order valence-electron chi connectivity index (χ1n) is 7.63. The number of H-pyrrole nitrogens is 1. The van der Waals surface area contributed by atoms with Gasteiger partial charge in [-0.15, -0.1) is 0 Å². The van der Waals surface area contributed by atoms with Gasteiger partial charge in [0.15, 0.2) is 11.5 Å². The quantitative estimate of drug-likeness (QED) is 0.553. The molecule has 0 saturated carbocycles. The number of anilines is 3. The molecule has 0 spiro atoms. The molecule has 4 rings (SSSR count). The minimum absolute atomic E-state index is 0.593. The van der Waals surface area contributed by atoms with Gasteiger partial charge >= 0.3 is 0 Å². The van der Waals surface area contributed by atoms with Crippen LogP contribution in [0.1, 0.15) is 11.1 Å². The Hall–Kier alpha value is -2.80. The minimum Gasteiger partial charge on any atom is -0.384 e. The predicted molar refractivity (Wildman–Crippen MR) is 92.0 cm³/mol. The number of aromatic nitrogens is 3. The number of nitrogens with one attached hydrogen (secondary N) is 3. The summed E-state index contributed by atoms with van der Waals surface area (Å²) in [4.78, 5) is 6.91. The van der Waals surface area contributed by atoms with Crippen LogP contribution in [0.4, 0.5) is 17.3 Å². The number of fused-ring (bicyclic) bond motifs is 3. The normalized spacial score (nSPS) is 14.7. The van der Waals surface area contributed by atoms with Crippen molar-refractivity contribution in [3.8, 4) is 0 Å². The number of pyridine rings is 1. The van der Waals surface area contributed by atoms with Gasteiger partial charge in [-0.1, -0.05) is 18.2 Å². The zero-order chi connectivity index (χ0) is 15.8. The van der Waals surface area contributed by atoms with Crippen molar-refractivity contribution >= 4 is 28.4 Å². The molecule has 0 fully saturated rings. The Morgan fingerprint density at radius 1 is 1.17 bits per heavy atom. The van der Waals surface area contributed by atoms with E-state index in [1.54, 1.807) is 0 Å². The molecule has 0 bridgehead atoms. The molecule has 5 N–H and O–H groups in total. The van der Waals surface area contributed by atoms with Crippen LogP contribution in [-0.2, 0) is 13.0 Å². The molecule has 0 amide bonds. The zero-order valence-electron chi connectivity index (χ0n) is 12.9. The third kappa shape index (κ3) is 2.44. The summed E-state index contributed by atoms with van der Waals surface area (Å²) in [6, 6.07) is 9.95. The lowest BCUT2D eigenvalue weighted by Gasteiger charge is -2.27. The van der Waals surface area contributed by atoms with E-state index in [0.29, 0.717) is 11.5 Å². The summed E-state index contributed by atoms with van der Waals surface area (Å²) >= 11 is 0. The van der Waals surface area contributed by atoms with Crippen LogP contribution in [0.25, 0.3) is 11.0 Å². The van der Waals surface area contributed by atoms with Gasteiger partial charge in [0.2, 0.25) is 0 Å². The lowest BCUT2D eigenvalue weighted by Crippen LogP contribution is -2.28. The molecule has 7 heteroatoms. The summed E-state index contributed by atoms with van der Waals surface area (Å²) in [5.74, 6) is 1.39. The summed E-state index contributed by atoms with van der Waals surface area (Å²) in [6.45, 7) is 1.84. The van der Waals surface area contributed by atoms with Gasteiger partial charge < -0.3 is 10.6 Å². The van der Waals surface area contributed by atoms with Crippen LogP contribution in [0, 0.1) is 0 Å². The SMILES string of the molecule is CN1CCc2c(c(NNc3ccccc3)nc3n[nH]c(N)c23)C1. The van der Waals surface area contributed by atoms with Crippen molar-refractivity contribution < 1.29 is 0 Å². The van der Waals surface area contributed by atoms with E-state index >= 15 is 0 Å². The number of benzene rings is 1. The van der Waals surface area contributed by atoms with Gasteiger partial charge in [0.25, 0.3) is 0 Å². The molecule has 2 aromatic heterocycles. The van der Waals surface area contributed by atoms with E-state index < -0.39 is 0 Å². The standard InChI is InChI=1S/C16H19N7/c1-23-8-7-11-12(9-23)15(18-16-13(11)14(17)20-22-16)21-19-10-5-3-2-4-6-10/h2-6,19H,7-9H2,1H3,(H4,17,18,20,21,22). The van der Waals surface area contributed by atoms with E-state index in [0.717, 1.165) is 36.4 Å². The van der Waals surface area contributed by atoms with E-state index in [9.17, 15) is 0 Å². The molecule has 0 saturated heterocycles. The molecule has 1 aliphatic rings. The van der Waals surface area contributed by atoms with Crippen molar-refractivity contribution in [3.63, 3.8) is 0 Å². The monoisotopic (exact) mass is 309 g/mol. The highest BCUT2D eigenvalue weighted by Crippen LogP contribution is 2.32. The summed E-state index contributed by atoms with van der Waals surface area (Å²) in [7, 11) is 2.11. The Morgan fingerprint density at radius 2 is 2.00 bits per heavy atom. The molecule has 3 heterocycles. The molecule has 0 aliphatic carbocycles.